The van der Waals surface area contributed by atoms with E-state index in [1.165, 1.54) is 12.8 Å². The Morgan fingerprint density at radius 2 is 2.25 bits per heavy atom. The maximum atomic E-state index is 4.77. The van der Waals surface area contributed by atoms with E-state index in [4.69, 9.17) is 4.84 Å². The maximum Gasteiger partial charge on any atom is 0.0572 e. The fraction of sp³-hybridized carbons (Fsp3) is 1.00. The van der Waals surface area contributed by atoms with Crippen LogP contribution in [0.2, 0.25) is 0 Å². The third kappa shape index (κ3) is 1.01. The highest BCUT2D eigenvalue weighted by molar-refractivity contribution is 4.80. The fourth-order valence-corrected chi connectivity index (χ4v) is 0.993. The van der Waals surface area contributed by atoms with Crippen LogP contribution in [0.3, 0.4) is 0 Å². The lowest BCUT2D eigenvalue weighted by molar-refractivity contribution is 0.0108. The van der Waals surface area contributed by atoms with Crippen molar-refractivity contribution in [1.82, 2.24) is 5.48 Å². The summed E-state index contributed by atoms with van der Waals surface area (Å²) in [6.45, 7) is 2.24. The Hall–Kier alpha value is -0.0800. The van der Waals surface area contributed by atoms with Crippen molar-refractivity contribution in [2.45, 2.75) is 25.8 Å². The number of hydrogen-bond donors (Lipinski definition) is 1. The quantitative estimate of drug-likeness (QED) is 0.541. The van der Waals surface area contributed by atoms with Crippen molar-refractivity contribution in [2.75, 3.05) is 7.11 Å². The van der Waals surface area contributed by atoms with Gasteiger partial charge in [-0.25, -0.2) is 0 Å². The molecule has 0 bridgehead atoms. The molecule has 2 nitrogen and oxygen atoms in total. The first-order valence-corrected chi connectivity index (χ1v) is 3.13. The van der Waals surface area contributed by atoms with Gasteiger partial charge in [0.05, 0.1) is 7.11 Å². The number of hydroxylamine groups is 1. The average molecular weight is 115 g/mol. The summed E-state index contributed by atoms with van der Waals surface area (Å²) in [5, 5.41) is 0. The minimum Gasteiger partial charge on any atom is -0.305 e. The van der Waals surface area contributed by atoms with Gasteiger partial charge in [-0.15, -0.1) is 0 Å². The van der Waals surface area contributed by atoms with E-state index >= 15 is 0 Å². The van der Waals surface area contributed by atoms with Crippen LogP contribution < -0.4 is 5.48 Å². The molecule has 1 aliphatic rings. The summed E-state index contributed by atoms with van der Waals surface area (Å²) in [7, 11) is 1.67. The lowest BCUT2D eigenvalue weighted by Gasteiger charge is -2.33. The van der Waals surface area contributed by atoms with Crippen LogP contribution in [0.15, 0.2) is 0 Å². The zero-order valence-corrected chi connectivity index (χ0v) is 5.48. The molecule has 0 spiro atoms. The van der Waals surface area contributed by atoms with Gasteiger partial charge in [0, 0.05) is 6.04 Å². The Labute approximate surface area is 50.2 Å². The molecule has 48 valence electrons. The van der Waals surface area contributed by atoms with Gasteiger partial charge in [-0.2, -0.15) is 5.48 Å². The molecule has 1 N–H and O–H groups in total. The molecule has 0 amide bonds. The minimum atomic E-state index is 0.625. The molecule has 0 aromatic rings. The lowest BCUT2D eigenvalue weighted by atomic mass is 9.82. The second-order valence-electron chi connectivity index (χ2n) is 2.48. The van der Waals surface area contributed by atoms with Gasteiger partial charge in [0.15, 0.2) is 0 Å². The summed E-state index contributed by atoms with van der Waals surface area (Å²) in [5.74, 6) is 0.815. The van der Waals surface area contributed by atoms with Crippen molar-refractivity contribution in [3.05, 3.63) is 0 Å². The molecular weight excluding hydrogens is 102 g/mol. The molecule has 8 heavy (non-hydrogen) atoms. The number of rotatable bonds is 2. The van der Waals surface area contributed by atoms with Crippen LogP contribution in [0.4, 0.5) is 0 Å². The largest absolute Gasteiger partial charge is 0.305 e. The van der Waals surface area contributed by atoms with E-state index in [1.807, 2.05) is 0 Å². The van der Waals surface area contributed by atoms with E-state index < -0.39 is 0 Å². The SMILES string of the molecule is CONC1CCC1C. The molecule has 0 aliphatic heterocycles. The summed E-state index contributed by atoms with van der Waals surface area (Å²) in [4.78, 5) is 4.77. The number of hydrogen-bond acceptors (Lipinski definition) is 2. The van der Waals surface area contributed by atoms with Crippen LogP contribution in [0.1, 0.15) is 19.8 Å². The van der Waals surface area contributed by atoms with Crippen LogP contribution in [0.5, 0.6) is 0 Å². The monoisotopic (exact) mass is 115 g/mol. The standard InChI is InChI=1S/C6H13NO/c1-5-3-4-6(5)7-8-2/h5-7H,3-4H2,1-2H3. The average Bonchev–Trinajstić information content (AvgIpc) is 1.79. The molecule has 0 heterocycles. The van der Waals surface area contributed by atoms with E-state index in [-0.39, 0.29) is 0 Å². The van der Waals surface area contributed by atoms with Gasteiger partial charge in [0.1, 0.15) is 0 Å². The van der Waals surface area contributed by atoms with Gasteiger partial charge in [-0.1, -0.05) is 6.92 Å². The highest BCUT2D eigenvalue weighted by atomic mass is 16.6. The van der Waals surface area contributed by atoms with Gasteiger partial charge in [0.2, 0.25) is 0 Å². The first-order chi connectivity index (χ1) is 3.84. The Morgan fingerprint density at radius 3 is 2.38 bits per heavy atom. The second kappa shape index (κ2) is 2.46. The summed E-state index contributed by atoms with van der Waals surface area (Å²) >= 11 is 0. The molecule has 1 rings (SSSR count). The predicted molar refractivity (Wildman–Crippen MR) is 32.3 cm³/mol. The first-order valence-electron chi connectivity index (χ1n) is 3.13. The van der Waals surface area contributed by atoms with Crippen LogP contribution >= 0.6 is 0 Å². The molecule has 0 radical (unpaired) electrons. The van der Waals surface area contributed by atoms with Crippen molar-refractivity contribution in [3.63, 3.8) is 0 Å². The van der Waals surface area contributed by atoms with Gasteiger partial charge in [0.25, 0.3) is 0 Å². The van der Waals surface area contributed by atoms with Crippen LogP contribution in [-0.4, -0.2) is 13.2 Å². The van der Waals surface area contributed by atoms with E-state index in [0.717, 1.165) is 5.92 Å². The van der Waals surface area contributed by atoms with Crippen molar-refractivity contribution >= 4 is 0 Å². The Morgan fingerprint density at radius 1 is 1.50 bits per heavy atom. The van der Waals surface area contributed by atoms with Crippen molar-refractivity contribution in [2.24, 2.45) is 5.92 Å². The smallest absolute Gasteiger partial charge is 0.0572 e. The van der Waals surface area contributed by atoms with Gasteiger partial charge >= 0.3 is 0 Å². The highest BCUT2D eigenvalue weighted by Crippen LogP contribution is 2.25. The fourth-order valence-electron chi connectivity index (χ4n) is 0.993. The Kier molecular flexibility index (Phi) is 1.86. The molecule has 1 saturated carbocycles. The zero-order valence-electron chi connectivity index (χ0n) is 5.48. The van der Waals surface area contributed by atoms with E-state index in [0.29, 0.717) is 6.04 Å². The summed E-state index contributed by atoms with van der Waals surface area (Å²) in [5.41, 5.74) is 2.93. The van der Waals surface area contributed by atoms with E-state index in [9.17, 15) is 0 Å². The lowest BCUT2D eigenvalue weighted by Crippen LogP contribution is -2.41. The van der Waals surface area contributed by atoms with Crippen LogP contribution in [-0.2, 0) is 4.84 Å². The third-order valence-electron chi connectivity index (χ3n) is 1.89. The number of nitrogens with one attached hydrogen (secondary N) is 1. The molecule has 2 unspecified atom stereocenters. The second-order valence-corrected chi connectivity index (χ2v) is 2.48. The van der Waals surface area contributed by atoms with E-state index in [2.05, 4.69) is 12.4 Å². The molecule has 0 saturated heterocycles. The Balaban J connectivity index is 2.08. The summed E-state index contributed by atoms with van der Waals surface area (Å²) < 4.78 is 0. The molecule has 2 heteroatoms. The van der Waals surface area contributed by atoms with Gasteiger partial charge < -0.3 is 4.84 Å². The van der Waals surface area contributed by atoms with Crippen molar-refractivity contribution in [1.29, 1.82) is 0 Å². The van der Waals surface area contributed by atoms with Crippen molar-refractivity contribution in [3.8, 4) is 0 Å². The van der Waals surface area contributed by atoms with Gasteiger partial charge in [-0.3, -0.25) is 0 Å². The topological polar surface area (TPSA) is 21.3 Å². The molecule has 1 fully saturated rings. The first kappa shape index (κ1) is 6.05. The van der Waals surface area contributed by atoms with Crippen LogP contribution in [0.25, 0.3) is 0 Å². The molecule has 1 aliphatic carbocycles. The normalized spacial score (nSPS) is 36.8. The van der Waals surface area contributed by atoms with Gasteiger partial charge in [-0.05, 0) is 18.8 Å². The van der Waals surface area contributed by atoms with Crippen LogP contribution in [0, 0.1) is 5.92 Å². The maximum absolute atomic E-state index is 4.77. The van der Waals surface area contributed by atoms with E-state index in [1.54, 1.807) is 7.11 Å². The minimum absolute atomic E-state index is 0.625. The summed E-state index contributed by atoms with van der Waals surface area (Å²) in [6.07, 6.45) is 2.62. The highest BCUT2D eigenvalue weighted by Gasteiger charge is 2.25. The summed E-state index contributed by atoms with van der Waals surface area (Å²) in [6, 6.07) is 0.625. The third-order valence-corrected chi connectivity index (χ3v) is 1.89. The predicted octanol–water partition coefficient (Wildman–Crippen LogP) is 0.936. The zero-order chi connectivity index (χ0) is 5.98. The Bertz CT molecular complexity index is 74.9. The molecule has 0 aromatic carbocycles. The molecular formula is C6H13NO. The molecule has 0 aromatic heterocycles. The molecule has 2 atom stereocenters. The van der Waals surface area contributed by atoms with Crippen molar-refractivity contribution < 1.29 is 4.84 Å².